The van der Waals surface area contributed by atoms with Gasteiger partial charge >= 0.3 is 0 Å². The molecule has 1 amide bonds. The van der Waals surface area contributed by atoms with Gasteiger partial charge in [0.1, 0.15) is 17.5 Å². The summed E-state index contributed by atoms with van der Waals surface area (Å²) < 4.78 is 8.28. The van der Waals surface area contributed by atoms with Crippen molar-refractivity contribution in [3.63, 3.8) is 0 Å². The van der Waals surface area contributed by atoms with Crippen molar-refractivity contribution in [3.05, 3.63) is 53.2 Å². The summed E-state index contributed by atoms with van der Waals surface area (Å²) in [4.78, 5) is 29.2. The van der Waals surface area contributed by atoms with Crippen LogP contribution in [-0.4, -0.2) is 31.5 Å². The number of benzene rings is 1. The number of rotatable bonds is 4. The number of amides is 1. The average Bonchev–Trinajstić information content (AvgIpc) is 3.03. The lowest BCUT2D eigenvalue weighted by molar-refractivity contribution is -0.123. The first-order valence-electron chi connectivity index (χ1n) is 8.26. The number of carbonyl (C=O) groups is 1. The third-order valence-electron chi connectivity index (χ3n) is 3.78. The highest BCUT2D eigenvalue weighted by molar-refractivity contribution is 5.88. The van der Waals surface area contributed by atoms with E-state index in [4.69, 9.17) is 4.74 Å². The van der Waals surface area contributed by atoms with Gasteiger partial charge < -0.3 is 4.74 Å². The van der Waals surface area contributed by atoms with Gasteiger partial charge in [-0.2, -0.15) is 5.10 Å². The number of nitrogens with zero attached hydrogens (tertiary/aromatic N) is 4. The summed E-state index contributed by atoms with van der Waals surface area (Å²) in [6.45, 7) is 7.52. The predicted molar refractivity (Wildman–Crippen MR) is 97.7 cm³/mol. The number of fused-ring (bicyclic) bond motifs is 1. The summed E-state index contributed by atoms with van der Waals surface area (Å²) in [5.41, 5.74) is 2.28. The number of carbonyl (C=O) groups excluding carboxylic acids is 1. The van der Waals surface area contributed by atoms with E-state index in [-0.39, 0.29) is 5.54 Å². The van der Waals surface area contributed by atoms with Crippen molar-refractivity contribution in [1.82, 2.24) is 19.4 Å². The number of hydrogen-bond acceptors (Lipinski definition) is 5. The number of para-hydroxylation sites is 1. The number of hydrogen-bond donors (Lipinski definition) is 1. The molecule has 0 aliphatic heterocycles. The van der Waals surface area contributed by atoms with Crippen LogP contribution in [0.15, 0.2) is 47.7 Å². The molecule has 1 aromatic carbocycles. The van der Waals surface area contributed by atoms with Crippen molar-refractivity contribution in [1.29, 1.82) is 0 Å². The summed E-state index contributed by atoms with van der Waals surface area (Å²) in [6, 6.07) is 9.00. The van der Waals surface area contributed by atoms with Crippen LogP contribution in [0.3, 0.4) is 0 Å². The van der Waals surface area contributed by atoms with Gasteiger partial charge in [-0.05, 0) is 39.8 Å². The smallest absolute Gasteiger partial charge is 0.283 e. The number of nitrogens with one attached hydrogen (secondary N) is 1. The lowest BCUT2D eigenvalue weighted by Crippen LogP contribution is -2.40. The van der Waals surface area contributed by atoms with Crippen molar-refractivity contribution < 1.29 is 9.53 Å². The molecule has 8 nitrogen and oxygen atoms in total. The van der Waals surface area contributed by atoms with Crippen LogP contribution in [0.1, 0.15) is 27.7 Å². The van der Waals surface area contributed by atoms with Crippen LogP contribution >= 0.6 is 0 Å². The highest BCUT2D eigenvalue weighted by Gasteiger charge is 2.21. The van der Waals surface area contributed by atoms with Crippen molar-refractivity contribution in [2.45, 2.75) is 39.3 Å². The van der Waals surface area contributed by atoms with Gasteiger partial charge in [0.15, 0.2) is 11.8 Å². The molecule has 8 heteroatoms. The van der Waals surface area contributed by atoms with Crippen molar-refractivity contribution >= 4 is 16.9 Å². The molecule has 0 fully saturated rings. The Balaban J connectivity index is 1.82. The fourth-order valence-corrected chi connectivity index (χ4v) is 2.45. The van der Waals surface area contributed by atoms with E-state index in [0.717, 1.165) is 4.68 Å². The molecule has 26 heavy (non-hydrogen) atoms. The van der Waals surface area contributed by atoms with Crippen LogP contribution in [-0.2, 0) is 10.3 Å². The Bertz CT molecular complexity index is 985. The zero-order valence-corrected chi connectivity index (χ0v) is 15.1. The molecule has 3 rings (SSSR count). The van der Waals surface area contributed by atoms with Crippen LogP contribution in [0.4, 0.5) is 0 Å². The maximum Gasteiger partial charge on any atom is 0.283 e. The van der Waals surface area contributed by atoms with Crippen LogP contribution < -0.4 is 15.7 Å². The second kappa shape index (κ2) is 6.62. The number of ether oxygens (including phenoxy) is 1. The normalized spacial score (nSPS) is 12.8. The molecule has 1 N–H and O–H groups in total. The molecule has 0 saturated carbocycles. The quantitative estimate of drug-likeness (QED) is 0.772. The predicted octanol–water partition coefficient (Wildman–Crippen LogP) is 1.89. The molecular weight excluding hydrogens is 334 g/mol. The molecule has 136 valence electrons. The summed E-state index contributed by atoms with van der Waals surface area (Å²) >= 11 is 0. The largest absolute Gasteiger partial charge is 0.481 e. The fourth-order valence-electron chi connectivity index (χ4n) is 2.45. The first-order chi connectivity index (χ1) is 12.3. The minimum absolute atomic E-state index is 0.311. The Labute approximate surface area is 150 Å². The van der Waals surface area contributed by atoms with E-state index in [1.807, 2.05) is 39.0 Å². The molecule has 0 spiro atoms. The molecule has 0 radical (unpaired) electrons. The fraction of sp³-hybridized carbons (Fsp3) is 0.333. The Kier molecular flexibility index (Phi) is 4.50. The standard InChI is InChI=1S/C18H21N5O3/c1-12(26-13-8-6-5-7-9-13)16(24)21-22-11-19-15-14(17(22)25)10-20-23(15)18(2,3)4/h5-12H,1-4H3,(H,21,24). The summed E-state index contributed by atoms with van der Waals surface area (Å²) in [5.74, 6) is 0.114. The Hall–Kier alpha value is -3.16. The number of aromatic nitrogens is 4. The van der Waals surface area contributed by atoms with Gasteiger partial charge in [0, 0.05) is 0 Å². The molecule has 2 heterocycles. The van der Waals surface area contributed by atoms with E-state index < -0.39 is 17.6 Å². The third kappa shape index (κ3) is 3.44. The van der Waals surface area contributed by atoms with Gasteiger partial charge in [-0.15, -0.1) is 0 Å². The maximum atomic E-state index is 12.6. The van der Waals surface area contributed by atoms with Gasteiger partial charge in [0.05, 0.1) is 11.7 Å². The second-order valence-corrected chi connectivity index (χ2v) is 6.93. The van der Waals surface area contributed by atoms with Gasteiger partial charge in [0.25, 0.3) is 11.5 Å². The molecule has 2 aromatic heterocycles. The average molecular weight is 355 g/mol. The second-order valence-electron chi connectivity index (χ2n) is 6.93. The SMILES string of the molecule is CC(Oc1ccccc1)C(=O)Nn1cnc2c(cnn2C(C)(C)C)c1=O. The van der Waals surface area contributed by atoms with Gasteiger partial charge in [0.2, 0.25) is 0 Å². The maximum absolute atomic E-state index is 12.6. The van der Waals surface area contributed by atoms with E-state index in [1.165, 1.54) is 12.5 Å². The van der Waals surface area contributed by atoms with Crippen molar-refractivity contribution in [3.8, 4) is 5.75 Å². The van der Waals surface area contributed by atoms with Crippen LogP contribution in [0.25, 0.3) is 11.0 Å². The third-order valence-corrected chi connectivity index (χ3v) is 3.78. The molecule has 0 saturated heterocycles. The molecule has 3 aromatic rings. The molecule has 0 bridgehead atoms. The van der Waals surface area contributed by atoms with Crippen LogP contribution in [0, 0.1) is 0 Å². The highest BCUT2D eigenvalue weighted by atomic mass is 16.5. The van der Waals surface area contributed by atoms with Gasteiger partial charge in [-0.25, -0.2) is 14.3 Å². The zero-order chi connectivity index (χ0) is 18.9. The Morgan fingerprint density at radius 3 is 2.58 bits per heavy atom. The van der Waals surface area contributed by atoms with Crippen LogP contribution in [0.2, 0.25) is 0 Å². The summed E-state index contributed by atoms with van der Waals surface area (Å²) in [5, 5.41) is 4.57. The van der Waals surface area contributed by atoms with E-state index in [9.17, 15) is 9.59 Å². The topological polar surface area (TPSA) is 91.0 Å². The van der Waals surface area contributed by atoms with E-state index in [1.54, 1.807) is 23.7 Å². The van der Waals surface area contributed by atoms with Crippen molar-refractivity contribution in [2.24, 2.45) is 0 Å². The zero-order valence-electron chi connectivity index (χ0n) is 15.1. The van der Waals surface area contributed by atoms with E-state index in [0.29, 0.717) is 16.8 Å². The first-order valence-corrected chi connectivity index (χ1v) is 8.26. The molecular formula is C18H21N5O3. The Morgan fingerprint density at radius 1 is 1.23 bits per heavy atom. The van der Waals surface area contributed by atoms with Gasteiger partial charge in [-0.3, -0.25) is 15.0 Å². The molecule has 0 aliphatic carbocycles. The molecule has 1 atom stereocenters. The lowest BCUT2D eigenvalue weighted by Gasteiger charge is -2.19. The van der Waals surface area contributed by atoms with Gasteiger partial charge in [-0.1, -0.05) is 18.2 Å². The van der Waals surface area contributed by atoms with Crippen molar-refractivity contribution in [2.75, 3.05) is 5.43 Å². The highest BCUT2D eigenvalue weighted by Crippen LogP contribution is 2.17. The van der Waals surface area contributed by atoms with E-state index >= 15 is 0 Å². The first kappa shape index (κ1) is 17.7. The summed E-state index contributed by atoms with van der Waals surface area (Å²) in [7, 11) is 0. The molecule has 1 unspecified atom stereocenters. The minimum atomic E-state index is -0.780. The lowest BCUT2D eigenvalue weighted by atomic mass is 10.1. The Morgan fingerprint density at radius 2 is 1.92 bits per heavy atom. The monoisotopic (exact) mass is 355 g/mol. The van der Waals surface area contributed by atoms with Crippen LogP contribution in [0.5, 0.6) is 5.75 Å². The molecule has 0 aliphatic rings. The minimum Gasteiger partial charge on any atom is -0.481 e. The van der Waals surface area contributed by atoms with E-state index in [2.05, 4.69) is 15.5 Å². The summed E-state index contributed by atoms with van der Waals surface area (Å²) in [6.07, 6.45) is 1.96.